The van der Waals surface area contributed by atoms with Crippen LogP contribution in [0.1, 0.15) is 48.0 Å². The quantitative estimate of drug-likeness (QED) is 0.890. The lowest BCUT2D eigenvalue weighted by atomic mass is 9.82. The molecule has 6 heteroatoms. The zero-order chi connectivity index (χ0) is 18.1. The standard InChI is InChI=1S/C20H26N2O4/c23-17-6-3-13-26-20(17)8-11-21(12-9-20)18(24)7-10-22-14-15-4-1-2-5-16(15)19(22)25/h1-2,4-5,17,23H,3,6-14H2/t17-/m0/s1. The van der Waals surface area contributed by atoms with Gasteiger partial charge in [-0.15, -0.1) is 0 Å². The minimum absolute atomic E-state index is 0.0183. The molecule has 0 unspecified atom stereocenters. The third kappa shape index (κ3) is 3.12. The van der Waals surface area contributed by atoms with E-state index in [1.165, 1.54) is 0 Å². The van der Waals surface area contributed by atoms with Crippen LogP contribution in [0.25, 0.3) is 0 Å². The number of likely N-dealkylation sites (tertiary alicyclic amines) is 1. The van der Waals surface area contributed by atoms with Crippen LogP contribution in [0.5, 0.6) is 0 Å². The van der Waals surface area contributed by atoms with Gasteiger partial charge in [-0.25, -0.2) is 0 Å². The summed E-state index contributed by atoms with van der Waals surface area (Å²) in [6.07, 6.45) is 2.98. The molecule has 26 heavy (non-hydrogen) atoms. The molecule has 0 saturated carbocycles. The number of aliphatic hydroxyl groups excluding tert-OH is 1. The highest BCUT2D eigenvalue weighted by atomic mass is 16.5. The Morgan fingerprint density at radius 3 is 2.77 bits per heavy atom. The second kappa shape index (κ2) is 7.00. The van der Waals surface area contributed by atoms with Crippen molar-refractivity contribution in [2.45, 2.75) is 50.4 Å². The normalized spacial score (nSPS) is 24.8. The first-order valence-corrected chi connectivity index (χ1v) is 9.56. The van der Waals surface area contributed by atoms with Crippen LogP contribution >= 0.6 is 0 Å². The second-order valence-corrected chi connectivity index (χ2v) is 7.59. The van der Waals surface area contributed by atoms with Crippen molar-refractivity contribution in [2.24, 2.45) is 0 Å². The summed E-state index contributed by atoms with van der Waals surface area (Å²) in [6, 6.07) is 7.62. The summed E-state index contributed by atoms with van der Waals surface area (Å²) in [6.45, 7) is 2.97. The van der Waals surface area contributed by atoms with Gasteiger partial charge in [-0.05, 0) is 37.3 Å². The predicted octanol–water partition coefficient (Wildman–Crippen LogP) is 1.57. The molecule has 3 heterocycles. The van der Waals surface area contributed by atoms with Gasteiger partial charge in [0.25, 0.3) is 5.91 Å². The van der Waals surface area contributed by atoms with E-state index >= 15 is 0 Å². The molecule has 2 saturated heterocycles. The van der Waals surface area contributed by atoms with E-state index in [1.807, 2.05) is 29.2 Å². The van der Waals surface area contributed by atoms with Crippen LogP contribution in [0, 0.1) is 0 Å². The molecular formula is C20H26N2O4. The van der Waals surface area contributed by atoms with E-state index in [1.54, 1.807) is 4.90 Å². The topological polar surface area (TPSA) is 70.1 Å². The number of fused-ring (bicyclic) bond motifs is 1. The summed E-state index contributed by atoms with van der Waals surface area (Å²) in [5, 5.41) is 10.3. The molecular weight excluding hydrogens is 332 g/mol. The van der Waals surface area contributed by atoms with Crippen molar-refractivity contribution in [2.75, 3.05) is 26.2 Å². The van der Waals surface area contributed by atoms with Crippen molar-refractivity contribution in [1.82, 2.24) is 9.80 Å². The first-order valence-electron chi connectivity index (χ1n) is 9.56. The maximum absolute atomic E-state index is 12.6. The van der Waals surface area contributed by atoms with E-state index in [-0.39, 0.29) is 11.8 Å². The fourth-order valence-corrected chi connectivity index (χ4v) is 4.41. The summed E-state index contributed by atoms with van der Waals surface area (Å²) in [5.74, 6) is 0.0960. The van der Waals surface area contributed by atoms with Crippen molar-refractivity contribution < 1.29 is 19.4 Å². The molecule has 3 aliphatic rings. The number of rotatable bonds is 3. The Morgan fingerprint density at radius 1 is 1.27 bits per heavy atom. The van der Waals surface area contributed by atoms with Gasteiger partial charge in [-0.1, -0.05) is 18.2 Å². The van der Waals surface area contributed by atoms with E-state index < -0.39 is 11.7 Å². The molecule has 0 radical (unpaired) electrons. The highest BCUT2D eigenvalue weighted by molar-refractivity contribution is 5.98. The molecule has 3 aliphatic heterocycles. The second-order valence-electron chi connectivity index (χ2n) is 7.59. The lowest BCUT2D eigenvalue weighted by Gasteiger charge is -2.46. The van der Waals surface area contributed by atoms with Crippen LogP contribution in [0.15, 0.2) is 24.3 Å². The highest BCUT2D eigenvalue weighted by Gasteiger charge is 2.44. The Balaban J connectivity index is 1.28. The number of ether oxygens (including phenoxy) is 1. The van der Waals surface area contributed by atoms with E-state index in [0.29, 0.717) is 52.0 Å². The van der Waals surface area contributed by atoms with Gasteiger partial charge in [0, 0.05) is 44.8 Å². The van der Waals surface area contributed by atoms with Gasteiger partial charge >= 0.3 is 0 Å². The van der Waals surface area contributed by atoms with Gasteiger partial charge < -0.3 is 19.6 Å². The smallest absolute Gasteiger partial charge is 0.254 e. The van der Waals surface area contributed by atoms with Crippen LogP contribution in [-0.2, 0) is 16.1 Å². The summed E-state index contributed by atoms with van der Waals surface area (Å²) in [7, 11) is 0. The molecule has 1 N–H and O–H groups in total. The Bertz CT molecular complexity index is 697. The summed E-state index contributed by atoms with van der Waals surface area (Å²) in [5.41, 5.74) is 1.33. The predicted molar refractivity (Wildman–Crippen MR) is 95.5 cm³/mol. The minimum Gasteiger partial charge on any atom is -0.390 e. The molecule has 4 rings (SSSR count). The first kappa shape index (κ1) is 17.5. The molecule has 6 nitrogen and oxygen atoms in total. The third-order valence-electron chi connectivity index (χ3n) is 6.07. The van der Waals surface area contributed by atoms with Crippen molar-refractivity contribution in [3.05, 3.63) is 35.4 Å². The zero-order valence-electron chi connectivity index (χ0n) is 15.0. The highest BCUT2D eigenvalue weighted by Crippen LogP contribution is 2.35. The van der Waals surface area contributed by atoms with E-state index in [4.69, 9.17) is 4.74 Å². The van der Waals surface area contributed by atoms with Gasteiger partial charge in [-0.2, -0.15) is 0 Å². The molecule has 2 fully saturated rings. The fourth-order valence-electron chi connectivity index (χ4n) is 4.41. The van der Waals surface area contributed by atoms with Crippen LogP contribution in [0.2, 0.25) is 0 Å². The Hall–Kier alpha value is -1.92. The molecule has 1 spiro atoms. The number of amides is 2. The third-order valence-corrected chi connectivity index (χ3v) is 6.07. The number of piperidine rings is 1. The van der Waals surface area contributed by atoms with Gasteiger partial charge in [0.2, 0.25) is 5.91 Å². The number of aliphatic hydroxyl groups is 1. The SMILES string of the molecule is O=C(CCN1Cc2ccccc2C1=O)N1CCC2(CC1)OCCC[C@@H]2O. The number of carbonyl (C=O) groups is 2. The molecule has 0 bridgehead atoms. The molecule has 1 atom stereocenters. The van der Waals surface area contributed by atoms with Gasteiger partial charge in [0.15, 0.2) is 0 Å². The maximum atomic E-state index is 12.6. The molecule has 0 aliphatic carbocycles. The van der Waals surface area contributed by atoms with Gasteiger partial charge in [0.05, 0.1) is 11.7 Å². The van der Waals surface area contributed by atoms with Gasteiger partial charge in [0.1, 0.15) is 0 Å². The molecule has 1 aromatic carbocycles. The van der Waals surface area contributed by atoms with Crippen molar-refractivity contribution >= 4 is 11.8 Å². The fraction of sp³-hybridized carbons (Fsp3) is 0.600. The number of nitrogens with zero attached hydrogens (tertiary/aromatic N) is 2. The number of carbonyl (C=O) groups excluding carboxylic acids is 2. The van der Waals surface area contributed by atoms with Gasteiger partial charge in [-0.3, -0.25) is 9.59 Å². The summed E-state index contributed by atoms with van der Waals surface area (Å²) < 4.78 is 5.90. The Kier molecular flexibility index (Phi) is 4.71. The minimum atomic E-state index is -0.457. The number of hydrogen-bond donors (Lipinski definition) is 1. The lowest BCUT2D eigenvalue weighted by molar-refractivity contribution is -0.179. The molecule has 0 aromatic heterocycles. The number of hydrogen-bond acceptors (Lipinski definition) is 4. The largest absolute Gasteiger partial charge is 0.390 e. The van der Waals surface area contributed by atoms with Crippen molar-refractivity contribution in [1.29, 1.82) is 0 Å². The van der Waals surface area contributed by atoms with Crippen LogP contribution < -0.4 is 0 Å². The Morgan fingerprint density at radius 2 is 2.04 bits per heavy atom. The average molecular weight is 358 g/mol. The average Bonchev–Trinajstić information content (AvgIpc) is 2.99. The van der Waals surface area contributed by atoms with Crippen LogP contribution in [-0.4, -0.2) is 64.7 Å². The number of benzene rings is 1. The molecule has 140 valence electrons. The van der Waals surface area contributed by atoms with E-state index in [2.05, 4.69) is 0 Å². The molecule has 1 aromatic rings. The first-order chi connectivity index (χ1) is 12.6. The monoisotopic (exact) mass is 358 g/mol. The zero-order valence-corrected chi connectivity index (χ0v) is 15.0. The van der Waals surface area contributed by atoms with E-state index in [9.17, 15) is 14.7 Å². The van der Waals surface area contributed by atoms with Crippen LogP contribution in [0.3, 0.4) is 0 Å². The van der Waals surface area contributed by atoms with Crippen molar-refractivity contribution in [3.63, 3.8) is 0 Å². The van der Waals surface area contributed by atoms with Crippen molar-refractivity contribution in [3.8, 4) is 0 Å². The lowest BCUT2D eigenvalue weighted by Crippen LogP contribution is -2.56. The Labute approximate surface area is 153 Å². The molecule has 2 amide bonds. The maximum Gasteiger partial charge on any atom is 0.254 e. The van der Waals surface area contributed by atoms with E-state index in [0.717, 1.165) is 24.0 Å². The summed E-state index contributed by atoms with van der Waals surface area (Å²) in [4.78, 5) is 28.6. The summed E-state index contributed by atoms with van der Waals surface area (Å²) >= 11 is 0. The van der Waals surface area contributed by atoms with Crippen LogP contribution in [0.4, 0.5) is 0 Å².